The summed E-state index contributed by atoms with van der Waals surface area (Å²) >= 11 is 4.72. The quantitative estimate of drug-likeness (QED) is 0.0321. The van der Waals surface area contributed by atoms with Crippen LogP contribution in [0.5, 0.6) is 0 Å². The maximum absolute atomic E-state index is 12.7. The fourth-order valence-electron chi connectivity index (χ4n) is 6.64. The van der Waals surface area contributed by atoms with Crippen molar-refractivity contribution in [2.45, 2.75) is 193 Å². The molecule has 0 saturated heterocycles. The van der Waals surface area contributed by atoms with Crippen LogP contribution in [0.3, 0.4) is 0 Å². The summed E-state index contributed by atoms with van der Waals surface area (Å²) in [5.74, 6) is 0.199. The maximum Gasteiger partial charge on any atom is 0.318 e. The zero-order valence-electron chi connectivity index (χ0n) is 42.1. The van der Waals surface area contributed by atoms with E-state index in [1.165, 1.54) is 134 Å². The van der Waals surface area contributed by atoms with E-state index in [9.17, 15) is 28.8 Å². The zero-order valence-corrected chi connectivity index (χ0v) is 44.5. The van der Waals surface area contributed by atoms with Gasteiger partial charge in [0.15, 0.2) is 0 Å². The molecule has 0 aromatic carbocycles. The third kappa shape index (κ3) is 42.0. The monoisotopic (exact) mass is 994 g/mol. The van der Waals surface area contributed by atoms with E-state index in [0.29, 0.717) is 31.1 Å². The van der Waals surface area contributed by atoms with E-state index < -0.39 is 17.9 Å². The predicted molar refractivity (Wildman–Crippen MR) is 271 cm³/mol. The summed E-state index contributed by atoms with van der Waals surface area (Å²) in [6.07, 6.45) is 25.5. The minimum atomic E-state index is -0.447. The molecule has 0 saturated carbocycles. The van der Waals surface area contributed by atoms with Crippen LogP contribution in [0.1, 0.15) is 183 Å². The number of rotatable bonds is 47. The van der Waals surface area contributed by atoms with Crippen LogP contribution in [0.2, 0.25) is 0 Å². The number of unbranched alkanes of at least 4 members (excludes halogenated alkanes) is 18. The molecule has 0 aliphatic carbocycles. The normalized spacial score (nSPS) is 12.6. The van der Waals surface area contributed by atoms with Crippen LogP contribution in [0.15, 0.2) is 0 Å². The number of hydrogen-bond donors (Lipinski definition) is 0. The molecule has 66 heavy (non-hydrogen) atoms. The Balaban J connectivity index is 4.58. The number of thioether (sulfide) groups is 3. The van der Waals surface area contributed by atoms with E-state index in [1.807, 2.05) is 18.7 Å². The van der Waals surface area contributed by atoms with E-state index in [2.05, 4.69) is 13.8 Å². The molecule has 3 unspecified atom stereocenters. The Kier molecular flexibility index (Phi) is 45.0. The average molecular weight is 994 g/mol. The Morgan fingerprint density at radius 2 is 0.773 bits per heavy atom. The first-order chi connectivity index (χ1) is 31.9. The van der Waals surface area contributed by atoms with Gasteiger partial charge in [-0.2, -0.15) is 11.8 Å². The van der Waals surface area contributed by atoms with E-state index in [4.69, 9.17) is 28.4 Å². The van der Waals surface area contributed by atoms with Crippen molar-refractivity contribution in [2.24, 2.45) is 5.92 Å². The molecule has 0 heterocycles. The highest BCUT2D eigenvalue weighted by Crippen LogP contribution is 2.18. The van der Waals surface area contributed by atoms with Crippen molar-refractivity contribution in [1.82, 2.24) is 4.90 Å². The zero-order chi connectivity index (χ0) is 48.9. The molecule has 0 fully saturated rings. The SMILES string of the molecule is CCCCCCCCCCCCSC(C)C(=O)OCCOC(=O)CCN(CCSCC(C)C(=O)OCCOC(C)=O)CCC(=O)OCCOC(=O)C(C)SCCCCCCCCCCCC. The largest absolute Gasteiger partial charge is 0.462 e. The van der Waals surface area contributed by atoms with Crippen molar-refractivity contribution in [3.05, 3.63) is 0 Å². The molecule has 16 heteroatoms. The summed E-state index contributed by atoms with van der Waals surface area (Å²) in [6.45, 7) is 12.3. The Labute approximate surface area is 412 Å². The minimum Gasteiger partial charge on any atom is -0.462 e. The average Bonchev–Trinajstić information content (AvgIpc) is 3.30. The molecular weight excluding hydrogens is 903 g/mol. The van der Waals surface area contributed by atoms with Gasteiger partial charge in [0.25, 0.3) is 0 Å². The maximum atomic E-state index is 12.7. The fourth-order valence-corrected chi connectivity index (χ4v) is 9.54. The third-order valence-electron chi connectivity index (χ3n) is 10.8. The van der Waals surface area contributed by atoms with E-state index >= 15 is 0 Å². The second-order valence-electron chi connectivity index (χ2n) is 17.0. The highest BCUT2D eigenvalue weighted by molar-refractivity contribution is 8.00. The number of ether oxygens (including phenoxy) is 6. The van der Waals surface area contributed by atoms with Crippen molar-refractivity contribution in [2.75, 3.05) is 82.3 Å². The summed E-state index contributed by atoms with van der Waals surface area (Å²) in [7, 11) is 0. The summed E-state index contributed by atoms with van der Waals surface area (Å²) in [5, 5.41) is -0.574. The van der Waals surface area contributed by atoms with Gasteiger partial charge in [0.05, 0.1) is 29.3 Å². The van der Waals surface area contributed by atoms with E-state index in [0.717, 1.165) is 24.3 Å². The highest BCUT2D eigenvalue weighted by Gasteiger charge is 2.19. The standard InChI is InChI=1S/C50H91NO12S3/c1-7-9-11-13-15-17-19-21-23-25-38-65-43(4)49(56)62-36-33-59-46(53)27-29-51(31-40-64-41-42(3)48(55)61-35-32-58-45(6)52)30-28-47(54)60-34-37-63-50(57)44(5)66-39-26-24-22-20-18-16-14-12-10-8-2/h42-44H,7-41H2,1-6H3. The number of nitrogens with zero attached hydrogens (tertiary/aromatic N) is 1. The van der Waals surface area contributed by atoms with Crippen LogP contribution >= 0.6 is 35.3 Å². The van der Waals surface area contributed by atoms with Gasteiger partial charge < -0.3 is 33.3 Å². The molecule has 0 aliphatic heterocycles. The van der Waals surface area contributed by atoms with Crippen molar-refractivity contribution in [3.63, 3.8) is 0 Å². The van der Waals surface area contributed by atoms with Crippen molar-refractivity contribution < 1.29 is 57.2 Å². The van der Waals surface area contributed by atoms with E-state index in [-0.39, 0.29) is 86.8 Å². The predicted octanol–water partition coefficient (Wildman–Crippen LogP) is 10.8. The van der Waals surface area contributed by atoms with Crippen LogP contribution in [-0.2, 0) is 57.2 Å². The lowest BCUT2D eigenvalue weighted by molar-refractivity contribution is -0.153. The molecule has 0 aromatic rings. The molecule has 386 valence electrons. The number of carbonyl (C=O) groups excluding carboxylic acids is 6. The topological polar surface area (TPSA) is 161 Å². The Hall–Kier alpha value is -2.17. The van der Waals surface area contributed by atoms with Crippen LogP contribution < -0.4 is 0 Å². The molecule has 0 spiro atoms. The van der Waals surface area contributed by atoms with E-state index in [1.54, 1.807) is 30.4 Å². The lowest BCUT2D eigenvalue weighted by Gasteiger charge is -2.22. The molecule has 0 bridgehead atoms. The van der Waals surface area contributed by atoms with Crippen LogP contribution in [0, 0.1) is 5.92 Å². The van der Waals surface area contributed by atoms with Crippen molar-refractivity contribution >= 4 is 71.1 Å². The van der Waals surface area contributed by atoms with Crippen LogP contribution in [0.25, 0.3) is 0 Å². The Morgan fingerprint density at radius 3 is 1.17 bits per heavy atom. The second kappa shape index (κ2) is 46.6. The van der Waals surface area contributed by atoms with Gasteiger partial charge in [-0.1, -0.05) is 136 Å². The van der Waals surface area contributed by atoms with Gasteiger partial charge in [-0.25, -0.2) is 0 Å². The Morgan fingerprint density at radius 1 is 0.424 bits per heavy atom. The summed E-state index contributed by atoms with van der Waals surface area (Å²) < 4.78 is 31.4. The lowest BCUT2D eigenvalue weighted by Crippen LogP contribution is -2.32. The molecule has 0 amide bonds. The third-order valence-corrected chi connectivity index (χ3v) is 14.4. The second-order valence-corrected chi connectivity index (χ2v) is 21.0. The Bertz CT molecular complexity index is 1180. The van der Waals surface area contributed by atoms with Crippen molar-refractivity contribution in [3.8, 4) is 0 Å². The lowest BCUT2D eigenvalue weighted by atomic mass is 10.1. The van der Waals surface area contributed by atoms with Gasteiger partial charge in [0.1, 0.15) is 39.6 Å². The molecule has 3 atom stereocenters. The summed E-state index contributed by atoms with van der Waals surface area (Å²) in [4.78, 5) is 75.5. The molecule has 0 aliphatic rings. The number of hydrogen-bond acceptors (Lipinski definition) is 16. The molecule has 0 N–H and O–H groups in total. The van der Waals surface area contributed by atoms with Gasteiger partial charge in [0, 0.05) is 38.1 Å². The van der Waals surface area contributed by atoms with Gasteiger partial charge in [-0.3, -0.25) is 28.8 Å². The van der Waals surface area contributed by atoms with Gasteiger partial charge in [-0.05, 0) is 38.2 Å². The first-order valence-electron chi connectivity index (χ1n) is 25.4. The molecule has 0 aromatic heterocycles. The smallest absolute Gasteiger partial charge is 0.318 e. The van der Waals surface area contributed by atoms with Crippen LogP contribution in [-0.4, -0.2) is 134 Å². The molecule has 0 radical (unpaired) electrons. The van der Waals surface area contributed by atoms with Crippen molar-refractivity contribution in [1.29, 1.82) is 0 Å². The number of esters is 6. The summed E-state index contributed by atoms with van der Waals surface area (Å²) in [5.41, 5.74) is 0. The van der Waals surface area contributed by atoms with Crippen LogP contribution in [0.4, 0.5) is 0 Å². The minimum absolute atomic E-state index is 0.00635. The fraction of sp³-hybridized carbons (Fsp3) is 0.880. The molecule has 0 rings (SSSR count). The van der Waals surface area contributed by atoms with Gasteiger partial charge >= 0.3 is 35.8 Å². The van der Waals surface area contributed by atoms with Gasteiger partial charge in [0.2, 0.25) is 0 Å². The molecular formula is C50H91NO12S3. The number of carbonyl (C=O) groups is 6. The first-order valence-corrected chi connectivity index (χ1v) is 28.6. The molecule has 13 nitrogen and oxygen atoms in total. The van der Waals surface area contributed by atoms with Gasteiger partial charge in [-0.15, -0.1) is 23.5 Å². The highest BCUT2D eigenvalue weighted by atomic mass is 32.2. The summed E-state index contributed by atoms with van der Waals surface area (Å²) in [6, 6.07) is 0. The first kappa shape index (κ1) is 63.8.